The second kappa shape index (κ2) is 7.74. The van der Waals surface area contributed by atoms with Crippen LogP contribution in [0.4, 0.5) is 13.9 Å². The Morgan fingerprint density at radius 3 is 2.43 bits per heavy atom. The molecule has 146 valence electrons. The number of anilines is 1. The molecule has 0 atom stereocenters. The molecule has 0 bridgehead atoms. The van der Waals surface area contributed by atoms with Gasteiger partial charge in [0.05, 0.1) is 10.6 Å². The number of sulfonamides is 1. The number of carbonyl (C=O) groups excluding carboxylic acids is 1. The second-order valence-electron chi connectivity index (χ2n) is 5.93. The van der Waals surface area contributed by atoms with Crippen molar-refractivity contribution in [2.45, 2.75) is 4.90 Å². The molecule has 0 spiro atoms. The Morgan fingerprint density at radius 2 is 1.79 bits per heavy atom. The molecule has 1 N–H and O–H groups in total. The van der Waals surface area contributed by atoms with E-state index in [4.69, 9.17) is 0 Å². The monoisotopic (exact) mass is 423 g/mol. The molecule has 1 aromatic heterocycles. The van der Waals surface area contributed by atoms with Crippen molar-refractivity contribution in [2.24, 2.45) is 0 Å². The van der Waals surface area contributed by atoms with Gasteiger partial charge in [0.15, 0.2) is 5.13 Å². The van der Waals surface area contributed by atoms with Gasteiger partial charge in [-0.3, -0.25) is 10.1 Å². The highest BCUT2D eigenvalue weighted by atomic mass is 32.2. The van der Waals surface area contributed by atoms with E-state index >= 15 is 0 Å². The van der Waals surface area contributed by atoms with Crippen molar-refractivity contribution in [2.75, 3.05) is 19.4 Å². The predicted molar refractivity (Wildman–Crippen MR) is 103 cm³/mol. The Kier molecular flexibility index (Phi) is 5.54. The van der Waals surface area contributed by atoms with Gasteiger partial charge in [0.2, 0.25) is 10.0 Å². The van der Waals surface area contributed by atoms with Crippen molar-refractivity contribution in [3.8, 4) is 11.3 Å². The van der Waals surface area contributed by atoms with Gasteiger partial charge in [0.25, 0.3) is 5.91 Å². The first-order valence-corrected chi connectivity index (χ1v) is 10.3. The molecular formula is C18H15F2N3O3S2. The number of rotatable bonds is 5. The van der Waals surface area contributed by atoms with Crippen LogP contribution in [0.3, 0.4) is 0 Å². The normalized spacial score (nSPS) is 11.6. The zero-order chi connectivity index (χ0) is 20.5. The van der Waals surface area contributed by atoms with Crippen LogP contribution in [-0.2, 0) is 10.0 Å². The van der Waals surface area contributed by atoms with E-state index in [9.17, 15) is 22.0 Å². The number of aromatic nitrogens is 1. The third-order valence-corrected chi connectivity index (χ3v) is 6.41. The van der Waals surface area contributed by atoms with Gasteiger partial charge in [-0.1, -0.05) is 0 Å². The fraction of sp³-hybridized carbons (Fsp3) is 0.111. The molecule has 0 saturated heterocycles. The third-order valence-electron chi connectivity index (χ3n) is 3.82. The van der Waals surface area contributed by atoms with Crippen LogP contribution in [0.25, 0.3) is 11.3 Å². The molecule has 3 aromatic rings. The van der Waals surface area contributed by atoms with Crippen LogP contribution in [0.15, 0.2) is 52.7 Å². The lowest BCUT2D eigenvalue weighted by Crippen LogP contribution is -2.22. The predicted octanol–water partition coefficient (Wildman–Crippen LogP) is 3.59. The third kappa shape index (κ3) is 4.08. The summed E-state index contributed by atoms with van der Waals surface area (Å²) < 4.78 is 52.4. The van der Waals surface area contributed by atoms with Crippen molar-refractivity contribution in [3.63, 3.8) is 0 Å². The SMILES string of the molecule is CN(C)S(=O)(=O)c1ccc(C(=O)Nc2nc(-c3cc(F)ccc3F)cs2)cc1. The first-order chi connectivity index (χ1) is 13.2. The summed E-state index contributed by atoms with van der Waals surface area (Å²) in [5.74, 6) is -1.72. The molecule has 0 aliphatic rings. The molecule has 3 rings (SSSR count). The second-order valence-corrected chi connectivity index (χ2v) is 8.94. The fourth-order valence-electron chi connectivity index (χ4n) is 2.31. The number of benzene rings is 2. The van der Waals surface area contributed by atoms with Crippen LogP contribution in [-0.4, -0.2) is 37.7 Å². The van der Waals surface area contributed by atoms with Gasteiger partial charge >= 0.3 is 0 Å². The summed E-state index contributed by atoms with van der Waals surface area (Å²) in [5, 5.41) is 4.26. The van der Waals surface area contributed by atoms with Gasteiger partial charge < -0.3 is 0 Å². The Hall–Kier alpha value is -2.69. The van der Waals surface area contributed by atoms with E-state index in [0.717, 1.165) is 33.8 Å². The van der Waals surface area contributed by atoms with E-state index in [1.54, 1.807) is 0 Å². The summed E-state index contributed by atoms with van der Waals surface area (Å²) in [6.45, 7) is 0. The summed E-state index contributed by atoms with van der Waals surface area (Å²) >= 11 is 1.06. The Bertz CT molecular complexity index is 1130. The molecule has 28 heavy (non-hydrogen) atoms. The molecule has 0 aliphatic heterocycles. The fourth-order valence-corrected chi connectivity index (χ4v) is 3.91. The molecule has 1 amide bonds. The number of nitrogens with one attached hydrogen (secondary N) is 1. The van der Waals surface area contributed by atoms with E-state index in [0.29, 0.717) is 0 Å². The maximum absolute atomic E-state index is 13.8. The summed E-state index contributed by atoms with van der Waals surface area (Å²) in [5.41, 5.74) is 0.422. The quantitative estimate of drug-likeness (QED) is 0.680. The number of hydrogen-bond acceptors (Lipinski definition) is 5. The minimum atomic E-state index is -3.59. The van der Waals surface area contributed by atoms with Crippen molar-refractivity contribution in [3.05, 3.63) is 65.0 Å². The van der Waals surface area contributed by atoms with Crippen LogP contribution < -0.4 is 5.32 Å². The van der Waals surface area contributed by atoms with Gasteiger partial charge in [0.1, 0.15) is 11.6 Å². The lowest BCUT2D eigenvalue weighted by atomic mass is 10.1. The molecule has 10 heteroatoms. The highest BCUT2D eigenvalue weighted by Crippen LogP contribution is 2.28. The van der Waals surface area contributed by atoms with Crippen molar-refractivity contribution < 1.29 is 22.0 Å². The van der Waals surface area contributed by atoms with Gasteiger partial charge in [-0.25, -0.2) is 26.5 Å². The Labute approximate surface area is 164 Å². The topological polar surface area (TPSA) is 79.4 Å². The number of hydrogen-bond donors (Lipinski definition) is 1. The Balaban J connectivity index is 1.77. The minimum absolute atomic E-state index is 0.00464. The van der Waals surface area contributed by atoms with Gasteiger partial charge in [0, 0.05) is 30.6 Å². The first-order valence-electron chi connectivity index (χ1n) is 7.93. The summed E-state index contributed by atoms with van der Waals surface area (Å²) in [6.07, 6.45) is 0. The van der Waals surface area contributed by atoms with Crippen LogP contribution >= 0.6 is 11.3 Å². The minimum Gasteiger partial charge on any atom is -0.298 e. The standard InChI is InChI=1S/C18H15F2N3O3S2/c1-23(2)28(25,26)13-6-3-11(4-7-13)17(24)22-18-21-16(10-27-18)14-9-12(19)5-8-15(14)20/h3-10H,1-2H3,(H,21,22,24). The van der Waals surface area contributed by atoms with Gasteiger partial charge in [-0.05, 0) is 42.5 Å². The summed E-state index contributed by atoms with van der Waals surface area (Å²) in [6, 6.07) is 8.47. The zero-order valence-corrected chi connectivity index (χ0v) is 16.4. The van der Waals surface area contributed by atoms with E-state index in [1.807, 2.05) is 0 Å². The number of carbonyl (C=O) groups is 1. The molecule has 0 radical (unpaired) electrons. The van der Waals surface area contributed by atoms with E-state index in [-0.39, 0.29) is 26.8 Å². The Morgan fingerprint density at radius 1 is 1.11 bits per heavy atom. The number of halogens is 2. The smallest absolute Gasteiger partial charge is 0.257 e. The lowest BCUT2D eigenvalue weighted by molar-refractivity contribution is 0.102. The van der Waals surface area contributed by atoms with Crippen molar-refractivity contribution in [1.82, 2.24) is 9.29 Å². The van der Waals surface area contributed by atoms with E-state index < -0.39 is 27.6 Å². The van der Waals surface area contributed by atoms with Crippen LogP contribution in [0.1, 0.15) is 10.4 Å². The van der Waals surface area contributed by atoms with E-state index in [1.165, 1.54) is 43.7 Å². The average Bonchev–Trinajstić information content (AvgIpc) is 3.11. The molecular weight excluding hydrogens is 408 g/mol. The molecule has 6 nitrogen and oxygen atoms in total. The highest BCUT2D eigenvalue weighted by Gasteiger charge is 2.18. The largest absolute Gasteiger partial charge is 0.298 e. The van der Waals surface area contributed by atoms with Crippen LogP contribution in [0.2, 0.25) is 0 Å². The molecule has 2 aromatic carbocycles. The molecule has 0 unspecified atom stereocenters. The lowest BCUT2D eigenvalue weighted by Gasteiger charge is -2.11. The number of nitrogens with zero attached hydrogens (tertiary/aromatic N) is 2. The zero-order valence-electron chi connectivity index (χ0n) is 14.8. The maximum Gasteiger partial charge on any atom is 0.257 e. The van der Waals surface area contributed by atoms with E-state index in [2.05, 4.69) is 10.3 Å². The molecule has 0 aliphatic carbocycles. The molecule has 0 fully saturated rings. The number of amides is 1. The molecule has 0 saturated carbocycles. The van der Waals surface area contributed by atoms with Gasteiger partial charge in [-0.15, -0.1) is 11.3 Å². The maximum atomic E-state index is 13.8. The van der Waals surface area contributed by atoms with Crippen molar-refractivity contribution >= 4 is 32.4 Å². The highest BCUT2D eigenvalue weighted by molar-refractivity contribution is 7.89. The van der Waals surface area contributed by atoms with Crippen LogP contribution in [0, 0.1) is 11.6 Å². The van der Waals surface area contributed by atoms with Gasteiger partial charge in [-0.2, -0.15) is 0 Å². The summed E-state index contributed by atoms with van der Waals surface area (Å²) in [4.78, 5) is 16.5. The average molecular weight is 423 g/mol. The first kappa shape index (κ1) is 20.1. The van der Waals surface area contributed by atoms with Crippen molar-refractivity contribution in [1.29, 1.82) is 0 Å². The number of thiazole rings is 1. The molecule has 1 heterocycles. The van der Waals surface area contributed by atoms with Crippen LogP contribution in [0.5, 0.6) is 0 Å². The summed E-state index contributed by atoms with van der Waals surface area (Å²) in [7, 11) is -0.760.